The third-order valence-electron chi connectivity index (χ3n) is 5.04. The van der Waals surface area contributed by atoms with Gasteiger partial charge in [-0.3, -0.25) is 9.59 Å². The molecular weight excluding hydrogens is 368 g/mol. The predicted molar refractivity (Wildman–Crippen MR) is 110 cm³/mol. The van der Waals surface area contributed by atoms with Crippen LogP contribution >= 0.6 is 0 Å². The van der Waals surface area contributed by atoms with Crippen molar-refractivity contribution in [2.75, 3.05) is 36.4 Å². The molecule has 7 nitrogen and oxygen atoms in total. The van der Waals surface area contributed by atoms with E-state index in [9.17, 15) is 9.59 Å². The molecule has 0 aliphatic carbocycles. The molecule has 1 aliphatic heterocycles. The van der Waals surface area contributed by atoms with Crippen LogP contribution in [-0.2, 0) is 0 Å². The van der Waals surface area contributed by atoms with Crippen LogP contribution in [0.1, 0.15) is 26.6 Å². The Bertz CT molecular complexity index is 991. The van der Waals surface area contributed by atoms with Crippen molar-refractivity contribution in [3.05, 3.63) is 78.0 Å². The van der Waals surface area contributed by atoms with Crippen molar-refractivity contribution in [3.63, 3.8) is 0 Å². The Balaban J connectivity index is 1.35. The molecule has 0 saturated carbocycles. The van der Waals surface area contributed by atoms with Crippen LogP contribution in [-0.4, -0.2) is 47.9 Å². The summed E-state index contributed by atoms with van der Waals surface area (Å²) in [6.45, 7) is 4.55. The van der Waals surface area contributed by atoms with E-state index in [1.807, 2.05) is 37.3 Å². The maximum Gasteiger partial charge on any atom is 0.289 e. The van der Waals surface area contributed by atoms with Gasteiger partial charge in [-0.25, -0.2) is 4.98 Å². The molecule has 1 aromatic carbocycles. The number of carbonyl (C=O) groups excluding carboxylic acids is 2. The van der Waals surface area contributed by atoms with E-state index in [1.54, 1.807) is 29.3 Å². The molecule has 0 unspecified atom stereocenters. The fraction of sp³-hybridized carbons (Fsp3) is 0.227. The van der Waals surface area contributed by atoms with Crippen molar-refractivity contribution in [1.29, 1.82) is 0 Å². The van der Waals surface area contributed by atoms with Gasteiger partial charge in [0.05, 0.1) is 18.1 Å². The summed E-state index contributed by atoms with van der Waals surface area (Å²) in [6.07, 6.45) is 3.21. The monoisotopic (exact) mass is 390 g/mol. The number of piperazine rings is 1. The van der Waals surface area contributed by atoms with Crippen molar-refractivity contribution in [1.82, 2.24) is 9.88 Å². The van der Waals surface area contributed by atoms with Crippen molar-refractivity contribution in [2.24, 2.45) is 0 Å². The first kappa shape index (κ1) is 18.7. The summed E-state index contributed by atoms with van der Waals surface area (Å²) >= 11 is 0. The SMILES string of the molecule is Cc1ccccc1NC(=O)c1ccc(N2CCN(C(=O)c3ccco3)CC2)cn1. The Morgan fingerprint density at radius 2 is 1.79 bits per heavy atom. The Morgan fingerprint density at radius 1 is 1.00 bits per heavy atom. The van der Waals surface area contributed by atoms with E-state index < -0.39 is 0 Å². The zero-order valence-corrected chi connectivity index (χ0v) is 16.2. The number of anilines is 2. The molecule has 3 heterocycles. The number of rotatable bonds is 4. The van der Waals surface area contributed by atoms with Crippen LogP contribution in [0.5, 0.6) is 0 Å². The largest absolute Gasteiger partial charge is 0.459 e. The summed E-state index contributed by atoms with van der Waals surface area (Å²) in [4.78, 5) is 33.1. The molecule has 148 valence electrons. The standard InChI is InChI=1S/C22H22N4O3/c1-16-5-2-3-6-18(16)24-21(27)19-9-8-17(15-23-19)25-10-12-26(13-11-25)22(28)20-7-4-14-29-20/h2-9,14-15H,10-13H2,1H3,(H,24,27). The van der Waals surface area contributed by atoms with Gasteiger partial charge in [-0.2, -0.15) is 0 Å². The zero-order chi connectivity index (χ0) is 20.2. The maximum absolute atomic E-state index is 12.4. The number of aromatic nitrogens is 1. The molecule has 3 aromatic rings. The number of furan rings is 1. The average Bonchev–Trinajstić information content (AvgIpc) is 3.30. The zero-order valence-electron chi connectivity index (χ0n) is 16.2. The quantitative estimate of drug-likeness (QED) is 0.740. The summed E-state index contributed by atoms with van der Waals surface area (Å²) in [5.74, 6) is 0.0415. The Hall–Kier alpha value is -3.61. The summed E-state index contributed by atoms with van der Waals surface area (Å²) in [5, 5.41) is 2.89. The molecule has 1 N–H and O–H groups in total. The van der Waals surface area contributed by atoms with Gasteiger partial charge >= 0.3 is 0 Å². The summed E-state index contributed by atoms with van der Waals surface area (Å²) < 4.78 is 5.19. The predicted octanol–water partition coefficient (Wildman–Crippen LogP) is 3.20. The molecule has 7 heteroatoms. The number of para-hydroxylation sites is 1. The van der Waals surface area contributed by atoms with E-state index in [2.05, 4.69) is 15.2 Å². The van der Waals surface area contributed by atoms with Crippen molar-refractivity contribution >= 4 is 23.2 Å². The number of nitrogens with one attached hydrogen (secondary N) is 1. The molecule has 1 aliphatic rings. The van der Waals surface area contributed by atoms with Crippen molar-refractivity contribution in [3.8, 4) is 0 Å². The van der Waals surface area contributed by atoms with Gasteiger partial charge in [-0.1, -0.05) is 18.2 Å². The van der Waals surface area contributed by atoms with E-state index in [1.165, 1.54) is 6.26 Å². The van der Waals surface area contributed by atoms with Crippen LogP contribution in [0.25, 0.3) is 0 Å². The highest BCUT2D eigenvalue weighted by atomic mass is 16.3. The number of benzene rings is 1. The van der Waals surface area contributed by atoms with Gasteiger partial charge in [0.15, 0.2) is 5.76 Å². The number of hydrogen-bond donors (Lipinski definition) is 1. The highest BCUT2D eigenvalue weighted by Crippen LogP contribution is 2.18. The van der Waals surface area contributed by atoms with Gasteiger partial charge in [0.1, 0.15) is 5.69 Å². The molecule has 0 radical (unpaired) electrons. The minimum Gasteiger partial charge on any atom is -0.459 e. The Kier molecular flexibility index (Phi) is 5.29. The van der Waals surface area contributed by atoms with Gasteiger partial charge in [0.2, 0.25) is 0 Å². The second-order valence-corrected chi connectivity index (χ2v) is 6.93. The van der Waals surface area contributed by atoms with Crippen LogP contribution in [0, 0.1) is 6.92 Å². The molecule has 29 heavy (non-hydrogen) atoms. The average molecular weight is 390 g/mol. The highest BCUT2D eigenvalue weighted by Gasteiger charge is 2.24. The summed E-state index contributed by atoms with van der Waals surface area (Å²) in [7, 11) is 0. The third kappa shape index (κ3) is 4.13. The smallest absolute Gasteiger partial charge is 0.289 e. The van der Waals surface area contributed by atoms with Crippen molar-refractivity contribution < 1.29 is 14.0 Å². The molecule has 0 atom stereocenters. The van der Waals surface area contributed by atoms with Crippen LogP contribution in [0.4, 0.5) is 11.4 Å². The summed E-state index contributed by atoms with van der Waals surface area (Å²) in [6, 6.07) is 14.6. The highest BCUT2D eigenvalue weighted by molar-refractivity contribution is 6.03. The Labute approximate surface area is 169 Å². The first-order valence-electron chi connectivity index (χ1n) is 9.52. The van der Waals surface area contributed by atoms with Crippen molar-refractivity contribution in [2.45, 2.75) is 6.92 Å². The van der Waals surface area contributed by atoms with E-state index in [-0.39, 0.29) is 11.8 Å². The minimum absolute atomic E-state index is 0.0870. The van der Waals surface area contributed by atoms with Gasteiger partial charge in [-0.05, 0) is 42.8 Å². The molecule has 1 fully saturated rings. The lowest BCUT2D eigenvalue weighted by Crippen LogP contribution is -2.48. The lowest BCUT2D eigenvalue weighted by atomic mass is 10.2. The third-order valence-corrected chi connectivity index (χ3v) is 5.04. The van der Waals surface area contributed by atoms with E-state index in [0.717, 1.165) is 16.9 Å². The number of pyridine rings is 1. The molecule has 0 bridgehead atoms. The van der Waals surface area contributed by atoms with Gasteiger partial charge in [-0.15, -0.1) is 0 Å². The molecule has 2 aromatic heterocycles. The van der Waals surface area contributed by atoms with Crippen LogP contribution in [0.3, 0.4) is 0 Å². The fourth-order valence-electron chi connectivity index (χ4n) is 3.33. The lowest BCUT2D eigenvalue weighted by molar-refractivity contribution is 0.0714. The van der Waals surface area contributed by atoms with Crippen LogP contribution in [0.15, 0.2) is 65.4 Å². The number of carbonyl (C=O) groups is 2. The van der Waals surface area contributed by atoms with E-state index >= 15 is 0 Å². The van der Waals surface area contributed by atoms with E-state index in [4.69, 9.17) is 4.42 Å². The van der Waals surface area contributed by atoms with Crippen LogP contribution < -0.4 is 10.2 Å². The second-order valence-electron chi connectivity index (χ2n) is 6.93. The van der Waals surface area contributed by atoms with E-state index in [0.29, 0.717) is 37.6 Å². The minimum atomic E-state index is -0.236. The fourth-order valence-corrected chi connectivity index (χ4v) is 3.33. The molecule has 0 spiro atoms. The number of amides is 2. The molecule has 1 saturated heterocycles. The number of hydrogen-bond acceptors (Lipinski definition) is 5. The van der Waals surface area contributed by atoms with Gasteiger partial charge in [0.25, 0.3) is 11.8 Å². The molecule has 2 amide bonds. The topological polar surface area (TPSA) is 78.7 Å². The van der Waals surface area contributed by atoms with Crippen LogP contribution in [0.2, 0.25) is 0 Å². The number of nitrogens with zero attached hydrogens (tertiary/aromatic N) is 3. The number of aryl methyl sites for hydroxylation is 1. The lowest BCUT2D eigenvalue weighted by Gasteiger charge is -2.35. The Morgan fingerprint density at radius 3 is 2.45 bits per heavy atom. The molecule has 4 rings (SSSR count). The maximum atomic E-state index is 12.4. The first-order valence-corrected chi connectivity index (χ1v) is 9.52. The first-order chi connectivity index (χ1) is 14.1. The summed E-state index contributed by atoms with van der Waals surface area (Å²) in [5.41, 5.74) is 3.08. The normalized spacial score (nSPS) is 14.0. The second kappa shape index (κ2) is 8.18. The molecular formula is C22H22N4O3. The van der Waals surface area contributed by atoms with Gasteiger partial charge < -0.3 is 19.5 Å². The van der Waals surface area contributed by atoms with Gasteiger partial charge in [0, 0.05) is 31.9 Å².